The van der Waals surface area contributed by atoms with Gasteiger partial charge in [0.2, 0.25) is 5.95 Å². The summed E-state index contributed by atoms with van der Waals surface area (Å²) in [5.41, 5.74) is 1.28. The van der Waals surface area contributed by atoms with Gasteiger partial charge in [-0.15, -0.1) is 0 Å². The van der Waals surface area contributed by atoms with E-state index in [1.807, 2.05) is 0 Å². The van der Waals surface area contributed by atoms with E-state index >= 15 is 0 Å². The molecule has 2 rings (SSSR count). The molecule has 1 aromatic heterocycles. The van der Waals surface area contributed by atoms with Crippen LogP contribution >= 0.6 is 0 Å². The standard InChI is InChI=1S/C14H13FN2O3S/c1-9-3-5-11(21(2,19)20)7-12(9)17-14(18)10-4-6-13(15)16-8-10/h3-8H,1-2H3,(H,17,18). The molecule has 0 aliphatic carbocycles. The normalized spacial score (nSPS) is 11.2. The number of hydrogen-bond acceptors (Lipinski definition) is 4. The molecular formula is C14H13FN2O3S. The highest BCUT2D eigenvalue weighted by Gasteiger charge is 2.12. The maximum atomic E-state index is 12.7. The summed E-state index contributed by atoms with van der Waals surface area (Å²) in [5.74, 6) is -1.17. The van der Waals surface area contributed by atoms with Gasteiger partial charge in [-0.25, -0.2) is 13.4 Å². The molecule has 2 aromatic rings. The number of pyridine rings is 1. The molecular weight excluding hydrogens is 295 g/mol. The van der Waals surface area contributed by atoms with E-state index in [0.717, 1.165) is 18.5 Å². The van der Waals surface area contributed by atoms with Crippen LogP contribution in [0.1, 0.15) is 15.9 Å². The number of carbonyl (C=O) groups is 1. The number of amides is 1. The second-order valence-corrected chi connectivity index (χ2v) is 6.59. The Labute approximate surface area is 121 Å². The first-order valence-corrected chi connectivity index (χ1v) is 7.90. The van der Waals surface area contributed by atoms with Gasteiger partial charge >= 0.3 is 0 Å². The van der Waals surface area contributed by atoms with Crippen molar-refractivity contribution in [1.82, 2.24) is 4.98 Å². The van der Waals surface area contributed by atoms with Gasteiger partial charge in [0.15, 0.2) is 9.84 Å². The van der Waals surface area contributed by atoms with Gasteiger partial charge < -0.3 is 5.32 Å². The Morgan fingerprint density at radius 2 is 1.95 bits per heavy atom. The second-order valence-electron chi connectivity index (χ2n) is 4.57. The van der Waals surface area contributed by atoms with E-state index in [-0.39, 0.29) is 10.5 Å². The third kappa shape index (κ3) is 3.63. The Bertz CT molecular complexity index is 786. The fourth-order valence-electron chi connectivity index (χ4n) is 1.67. The number of nitrogens with zero attached hydrogens (tertiary/aromatic N) is 1. The number of halogens is 1. The number of hydrogen-bond donors (Lipinski definition) is 1. The topological polar surface area (TPSA) is 76.1 Å². The number of carbonyl (C=O) groups excluding carboxylic acids is 1. The van der Waals surface area contributed by atoms with E-state index in [1.165, 1.54) is 18.2 Å². The van der Waals surface area contributed by atoms with Gasteiger partial charge in [-0.1, -0.05) is 6.07 Å². The van der Waals surface area contributed by atoms with Gasteiger partial charge in [-0.05, 0) is 36.8 Å². The Hall–Kier alpha value is -2.28. The number of aryl methyl sites for hydroxylation is 1. The molecule has 1 heterocycles. The van der Waals surface area contributed by atoms with E-state index in [0.29, 0.717) is 11.3 Å². The van der Waals surface area contributed by atoms with Crippen LogP contribution in [-0.2, 0) is 9.84 Å². The lowest BCUT2D eigenvalue weighted by Gasteiger charge is -2.10. The van der Waals surface area contributed by atoms with Crippen molar-refractivity contribution in [2.45, 2.75) is 11.8 Å². The summed E-state index contributed by atoms with van der Waals surface area (Å²) in [6.07, 6.45) is 2.20. The summed E-state index contributed by atoms with van der Waals surface area (Å²) in [6.45, 7) is 1.74. The molecule has 1 N–H and O–H groups in total. The maximum Gasteiger partial charge on any atom is 0.257 e. The number of aromatic nitrogens is 1. The molecule has 5 nitrogen and oxygen atoms in total. The van der Waals surface area contributed by atoms with Crippen molar-refractivity contribution in [3.05, 3.63) is 53.6 Å². The van der Waals surface area contributed by atoms with Gasteiger partial charge in [-0.2, -0.15) is 4.39 Å². The molecule has 21 heavy (non-hydrogen) atoms. The highest BCUT2D eigenvalue weighted by molar-refractivity contribution is 7.90. The minimum atomic E-state index is -3.36. The number of benzene rings is 1. The SMILES string of the molecule is Cc1ccc(S(C)(=O)=O)cc1NC(=O)c1ccc(F)nc1. The van der Waals surface area contributed by atoms with Crippen LogP contribution in [0.3, 0.4) is 0 Å². The number of nitrogens with one attached hydrogen (secondary N) is 1. The maximum absolute atomic E-state index is 12.7. The lowest BCUT2D eigenvalue weighted by Crippen LogP contribution is -2.13. The molecule has 1 amide bonds. The van der Waals surface area contributed by atoms with Crippen LogP contribution in [0, 0.1) is 12.9 Å². The second kappa shape index (κ2) is 5.61. The van der Waals surface area contributed by atoms with Gasteiger partial charge in [0.05, 0.1) is 10.5 Å². The monoisotopic (exact) mass is 308 g/mol. The molecule has 0 saturated heterocycles. The Morgan fingerprint density at radius 3 is 2.52 bits per heavy atom. The molecule has 110 valence electrons. The van der Waals surface area contributed by atoms with E-state index in [2.05, 4.69) is 10.3 Å². The number of rotatable bonds is 3. The molecule has 0 spiro atoms. The Kier molecular flexibility index (Phi) is 4.04. The number of anilines is 1. The van der Waals surface area contributed by atoms with Crippen LogP contribution in [0.5, 0.6) is 0 Å². The van der Waals surface area contributed by atoms with Gasteiger partial charge in [0.1, 0.15) is 0 Å². The van der Waals surface area contributed by atoms with Crippen molar-refractivity contribution >= 4 is 21.4 Å². The van der Waals surface area contributed by atoms with Crippen LogP contribution in [0.2, 0.25) is 0 Å². The van der Waals surface area contributed by atoms with Gasteiger partial charge in [-0.3, -0.25) is 4.79 Å². The quantitative estimate of drug-likeness (QED) is 0.882. The van der Waals surface area contributed by atoms with E-state index in [9.17, 15) is 17.6 Å². The molecule has 0 aliphatic rings. The average Bonchev–Trinajstić information content (AvgIpc) is 2.40. The highest BCUT2D eigenvalue weighted by Crippen LogP contribution is 2.20. The Balaban J connectivity index is 2.31. The molecule has 0 saturated carbocycles. The lowest BCUT2D eigenvalue weighted by atomic mass is 10.2. The predicted octanol–water partition coefficient (Wildman–Crippen LogP) is 2.18. The molecule has 7 heteroatoms. The fraction of sp³-hybridized carbons (Fsp3) is 0.143. The first-order valence-electron chi connectivity index (χ1n) is 6.01. The minimum Gasteiger partial charge on any atom is -0.322 e. The average molecular weight is 308 g/mol. The minimum absolute atomic E-state index is 0.112. The first kappa shape index (κ1) is 15.1. The van der Waals surface area contributed by atoms with Crippen molar-refractivity contribution in [1.29, 1.82) is 0 Å². The smallest absolute Gasteiger partial charge is 0.257 e. The summed E-state index contributed by atoms with van der Waals surface area (Å²) in [7, 11) is -3.36. The first-order chi connectivity index (χ1) is 9.77. The molecule has 0 fully saturated rings. The highest BCUT2D eigenvalue weighted by atomic mass is 32.2. The largest absolute Gasteiger partial charge is 0.322 e. The molecule has 0 atom stereocenters. The third-order valence-electron chi connectivity index (χ3n) is 2.87. The van der Waals surface area contributed by atoms with Crippen molar-refractivity contribution < 1.29 is 17.6 Å². The van der Waals surface area contributed by atoms with E-state index in [1.54, 1.807) is 13.0 Å². The summed E-state index contributed by atoms with van der Waals surface area (Å²) in [4.78, 5) is 15.5. The summed E-state index contributed by atoms with van der Waals surface area (Å²) in [6, 6.07) is 6.84. The number of sulfone groups is 1. The fourth-order valence-corrected chi connectivity index (χ4v) is 2.32. The van der Waals surface area contributed by atoms with Crippen LogP contribution in [0.15, 0.2) is 41.4 Å². The van der Waals surface area contributed by atoms with Gasteiger partial charge in [0, 0.05) is 18.1 Å². The molecule has 0 bridgehead atoms. The van der Waals surface area contributed by atoms with Crippen LogP contribution < -0.4 is 5.32 Å². The van der Waals surface area contributed by atoms with E-state index < -0.39 is 21.7 Å². The zero-order valence-electron chi connectivity index (χ0n) is 11.4. The summed E-state index contributed by atoms with van der Waals surface area (Å²) < 4.78 is 35.8. The lowest BCUT2D eigenvalue weighted by molar-refractivity contribution is 0.102. The molecule has 0 radical (unpaired) electrons. The van der Waals surface area contributed by atoms with Crippen molar-refractivity contribution in [3.63, 3.8) is 0 Å². The molecule has 0 unspecified atom stereocenters. The van der Waals surface area contributed by atoms with E-state index in [4.69, 9.17) is 0 Å². The zero-order chi connectivity index (χ0) is 15.6. The Morgan fingerprint density at radius 1 is 1.24 bits per heavy atom. The summed E-state index contributed by atoms with van der Waals surface area (Å²) in [5, 5.41) is 2.59. The van der Waals surface area contributed by atoms with Crippen molar-refractivity contribution in [3.8, 4) is 0 Å². The third-order valence-corrected chi connectivity index (χ3v) is 3.99. The van der Waals surface area contributed by atoms with Crippen molar-refractivity contribution in [2.75, 3.05) is 11.6 Å². The van der Waals surface area contributed by atoms with Gasteiger partial charge in [0.25, 0.3) is 5.91 Å². The summed E-state index contributed by atoms with van der Waals surface area (Å²) >= 11 is 0. The predicted molar refractivity (Wildman–Crippen MR) is 76.4 cm³/mol. The van der Waals surface area contributed by atoms with Crippen LogP contribution in [0.25, 0.3) is 0 Å². The zero-order valence-corrected chi connectivity index (χ0v) is 12.2. The molecule has 0 aliphatic heterocycles. The van der Waals surface area contributed by atoms with Crippen LogP contribution in [0.4, 0.5) is 10.1 Å². The molecule has 1 aromatic carbocycles. The van der Waals surface area contributed by atoms with Crippen molar-refractivity contribution in [2.24, 2.45) is 0 Å². The van der Waals surface area contributed by atoms with Crippen LogP contribution in [-0.4, -0.2) is 25.6 Å².